The van der Waals surface area contributed by atoms with Gasteiger partial charge in [0.25, 0.3) is 0 Å². The molecule has 5 nitrogen and oxygen atoms in total. The van der Waals surface area contributed by atoms with Crippen molar-refractivity contribution in [1.82, 2.24) is 14.9 Å². The molecule has 5 heteroatoms. The molecule has 2 heterocycles. The Hall–Kier alpha value is -2.66. The summed E-state index contributed by atoms with van der Waals surface area (Å²) >= 11 is 0. The van der Waals surface area contributed by atoms with Crippen LogP contribution in [0.15, 0.2) is 54.6 Å². The number of hydrogen-bond donors (Lipinski definition) is 1. The molecular weight excluding hydrogens is 326 g/mol. The molecule has 1 aliphatic heterocycles. The fraction of sp³-hybridized carbons (Fsp3) is 0.333. The predicted octanol–water partition coefficient (Wildman–Crippen LogP) is 3.49. The number of benzene rings is 2. The van der Waals surface area contributed by atoms with Crippen LogP contribution >= 0.6 is 0 Å². The number of nitrogens with one attached hydrogen (secondary N) is 1. The monoisotopic (exact) mass is 349 g/mol. The second-order valence-electron chi connectivity index (χ2n) is 6.66. The van der Waals surface area contributed by atoms with Gasteiger partial charge >= 0.3 is 0 Å². The maximum atomic E-state index is 12.6. The molecule has 1 fully saturated rings. The van der Waals surface area contributed by atoms with Crippen molar-refractivity contribution < 1.29 is 9.53 Å². The highest BCUT2D eigenvalue weighted by Gasteiger charge is 2.24. The molecule has 0 saturated carbocycles. The molecule has 0 aliphatic carbocycles. The Kier molecular flexibility index (Phi) is 4.97. The Balaban J connectivity index is 1.30. The van der Waals surface area contributed by atoms with Gasteiger partial charge in [-0.25, -0.2) is 4.98 Å². The lowest BCUT2D eigenvalue weighted by Gasteiger charge is -2.33. The third-order valence-corrected chi connectivity index (χ3v) is 4.83. The molecule has 134 valence electrons. The summed E-state index contributed by atoms with van der Waals surface area (Å²) in [5, 5.41) is 0. The first-order valence-electron chi connectivity index (χ1n) is 9.17. The molecule has 2 aromatic carbocycles. The van der Waals surface area contributed by atoms with Crippen LogP contribution in [-0.2, 0) is 16.0 Å². The van der Waals surface area contributed by atoms with Gasteiger partial charge in [-0.05, 0) is 24.1 Å². The summed E-state index contributed by atoms with van der Waals surface area (Å²) in [5.74, 6) is 1.15. The van der Waals surface area contributed by atoms with Crippen molar-refractivity contribution in [1.29, 1.82) is 0 Å². The Morgan fingerprint density at radius 3 is 2.81 bits per heavy atom. The number of carbonyl (C=O) groups excluding carboxylic acids is 1. The molecule has 0 radical (unpaired) electrons. The van der Waals surface area contributed by atoms with E-state index in [1.54, 1.807) is 0 Å². The summed E-state index contributed by atoms with van der Waals surface area (Å²) in [7, 11) is 0. The number of ether oxygens (including phenoxy) is 1. The lowest BCUT2D eigenvalue weighted by molar-refractivity contribution is -0.139. The molecule has 1 N–H and O–H groups in total. The number of aryl methyl sites for hydroxylation is 1. The Labute approximate surface area is 153 Å². The molecule has 1 aliphatic rings. The van der Waals surface area contributed by atoms with Gasteiger partial charge in [0.2, 0.25) is 5.91 Å². The van der Waals surface area contributed by atoms with Crippen LogP contribution in [0.5, 0.6) is 0 Å². The van der Waals surface area contributed by atoms with Crippen LogP contribution in [0.1, 0.15) is 30.3 Å². The molecule has 0 spiro atoms. The van der Waals surface area contributed by atoms with E-state index >= 15 is 0 Å². The summed E-state index contributed by atoms with van der Waals surface area (Å²) < 4.78 is 5.84. The number of fused-ring (bicyclic) bond motifs is 1. The second-order valence-corrected chi connectivity index (χ2v) is 6.66. The summed E-state index contributed by atoms with van der Waals surface area (Å²) in [5.41, 5.74) is 3.16. The largest absolute Gasteiger partial charge is 0.370 e. The average Bonchev–Trinajstić information content (AvgIpc) is 3.11. The maximum Gasteiger partial charge on any atom is 0.222 e. The van der Waals surface area contributed by atoms with Crippen molar-refractivity contribution in [3.63, 3.8) is 0 Å². The molecular formula is C21H23N3O2. The first-order valence-corrected chi connectivity index (χ1v) is 9.17. The third-order valence-electron chi connectivity index (χ3n) is 4.83. The number of aromatic amines is 1. The van der Waals surface area contributed by atoms with Crippen molar-refractivity contribution in [2.75, 3.05) is 19.7 Å². The topological polar surface area (TPSA) is 58.2 Å². The standard InChI is InChI=1S/C21H23N3O2/c25-21(12-6-11-20-22-17-9-4-5-10-18(17)23-20)24-13-14-26-19(15-24)16-7-2-1-3-8-16/h1-5,7-10,19H,6,11-15H2,(H,22,23)/t19-/m1/s1. The SMILES string of the molecule is O=C(CCCc1nc2ccccc2[nH]1)N1CCO[C@@H](c2ccccc2)C1. The van der Waals surface area contributed by atoms with Crippen molar-refractivity contribution in [3.8, 4) is 0 Å². The number of carbonyl (C=O) groups is 1. The summed E-state index contributed by atoms with van der Waals surface area (Å²) in [6.07, 6.45) is 2.10. The van der Waals surface area contributed by atoms with E-state index in [0.29, 0.717) is 26.1 Å². The van der Waals surface area contributed by atoms with E-state index in [9.17, 15) is 4.79 Å². The van der Waals surface area contributed by atoms with Crippen molar-refractivity contribution in [2.24, 2.45) is 0 Å². The zero-order valence-corrected chi connectivity index (χ0v) is 14.7. The first-order chi connectivity index (χ1) is 12.8. The number of morpholine rings is 1. The summed E-state index contributed by atoms with van der Waals surface area (Å²) in [4.78, 5) is 22.4. The fourth-order valence-electron chi connectivity index (χ4n) is 3.43. The number of aromatic nitrogens is 2. The lowest BCUT2D eigenvalue weighted by Crippen LogP contribution is -2.42. The minimum Gasteiger partial charge on any atom is -0.370 e. The van der Waals surface area contributed by atoms with E-state index in [1.165, 1.54) is 0 Å². The van der Waals surface area contributed by atoms with Crippen LogP contribution < -0.4 is 0 Å². The van der Waals surface area contributed by atoms with E-state index in [4.69, 9.17) is 4.74 Å². The van der Waals surface area contributed by atoms with Gasteiger partial charge in [-0.1, -0.05) is 42.5 Å². The van der Waals surface area contributed by atoms with Crippen LogP contribution in [0.2, 0.25) is 0 Å². The molecule has 4 rings (SSSR count). The van der Waals surface area contributed by atoms with Gasteiger partial charge in [0.15, 0.2) is 0 Å². The Morgan fingerprint density at radius 2 is 1.96 bits per heavy atom. The third kappa shape index (κ3) is 3.78. The molecule has 1 amide bonds. The van der Waals surface area contributed by atoms with Gasteiger partial charge in [0.1, 0.15) is 11.9 Å². The number of hydrogen-bond acceptors (Lipinski definition) is 3. The van der Waals surface area contributed by atoms with E-state index in [-0.39, 0.29) is 12.0 Å². The first kappa shape index (κ1) is 16.8. The highest BCUT2D eigenvalue weighted by atomic mass is 16.5. The van der Waals surface area contributed by atoms with Gasteiger partial charge in [-0.2, -0.15) is 0 Å². The number of H-pyrrole nitrogens is 1. The van der Waals surface area contributed by atoms with Gasteiger partial charge in [-0.15, -0.1) is 0 Å². The lowest BCUT2D eigenvalue weighted by atomic mass is 10.1. The van der Waals surface area contributed by atoms with Gasteiger partial charge in [-0.3, -0.25) is 4.79 Å². The maximum absolute atomic E-state index is 12.6. The summed E-state index contributed by atoms with van der Waals surface area (Å²) in [6, 6.07) is 18.1. The predicted molar refractivity (Wildman–Crippen MR) is 101 cm³/mol. The molecule has 0 unspecified atom stereocenters. The smallest absolute Gasteiger partial charge is 0.222 e. The minimum atomic E-state index is -0.0238. The van der Waals surface area contributed by atoms with Crippen LogP contribution in [-0.4, -0.2) is 40.5 Å². The number of rotatable bonds is 5. The molecule has 1 atom stereocenters. The quantitative estimate of drug-likeness (QED) is 0.767. The van der Waals surface area contributed by atoms with E-state index in [2.05, 4.69) is 22.1 Å². The number of nitrogens with zero attached hydrogens (tertiary/aromatic N) is 2. The van der Waals surface area contributed by atoms with Crippen molar-refractivity contribution in [2.45, 2.75) is 25.4 Å². The van der Waals surface area contributed by atoms with Crippen LogP contribution in [0.25, 0.3) is 11.0 Å². The Bertz CT molecular complexity index is 842. The fourth-order valence-corrected chi connectivity index (χ4v) is 3.43. The molecule has 3 aromatic rings. The van der Waals surface area contributed by atoms with Crippen molar-refractivity contribution >= 4 is 16.9 Å². The molecule has 1 saturated heterocycles. The molecule has 26 heavy (non-hydrogen) atoms. The van der Waals surface area contributed by atoms with Gasteiger partial charge in [0, 0.05) is 19.4 Å². The van der Waals surface area contributed by atoms with E-state index < -0.39 is 0 Å². The highest BCUT2D eigenvalue weighted by Crippen LogP contribution is 2.22. The van der Waals surface area contributed by atoms with Crippen molar-refractivity contribution in [3.05, 3.63) is 66.0 Å². The highest BCUT2D eigenvalue weighted by molar-refractivity contribution is 5.76. The van der Waals surface area contributed by atoms with Gasteiger partial charge in [0.05, 0.1) is 24.2 Å². The zero-order valence-electron chi connectivity index (χ0n) is 14.7. The molecule has 1 aromatic heterocycles. The van der Waals surface area contributed by atoms with Crippen LogP contribution in [0, 0.1) is 0 Å². The number of imidazole rings is 1. The second kappa shape index (κ2) is 7.70. The molecule has 0 bridgehead atoms. The average molecular weight is 349 g/mol. The van der Waals surface area contributed by atoms with E-state index in [0.717, 1.165) is 35.3 Å². The normalized spacial score (nSPS) is 17.5. The van der Waals surface area contributed by atoms with Crippen LogP contribution in [0.4, 0.5) is 0 Å². The van der Waals surface area contributed by atoms with Crippen LogP contribution in [0.3, 0.4) is 0 Å². The number of amides is 1. The minimum absolute atomic E-state index is 0.0238. The number of para-hydroxylation sites is 2. The van der Waals surface area contributed by atoms with Gasteiger partial charge < -0.3 is 14.6 Å². The Morgan fingerprint density at radius 1 is 1.15 bits per heavy atom. The van der Waals surface area contributed by atoms with E-state index in [1.807, 2.05) is 47.4 Å². The zero-order chi connectivity index (χ0) is 17.8. The summed E-state index contributed by atoms with van der Waals surface area (Å²) in [6.45, 7) is 1.90.